The van der Waals surface area contributed by atoms with Gasteiger partial charge in [-0.15, -0.1) is 0 Å². The first-order valence-corrected chi connectivity index (χ1v) is 6.56. The monoisotopic (exact) mass is 292 g/mol. The Kier molecular flexibility index (Phi) is 6.35. The van der Waals surface area contributed by atoms with Gasteiger partial charge in [0.25, 0.3) is 0 Å². The topological polar surface area (TPSA) is 119 Å². The zero-order valence-corrected chi connectivity index (χ0v) is 12.0. The lowest BCUT2D eigenvalue weighted by Gasteiger charge is -2.23. The summed E-state index contributed by atoms with van der Waals surface area (Å²) in [7, 11) is 0. The normalized spacial score (nSPS) is 10.0. The second kappa shape index (κ2) is 8.01. The van der Waals surface area contributed by atoms with E-state index in [9.17, 15) is 14.4 Å². The molecular weight excluding hydrogens is 272 g/mol. The van der Waals surface area contributed by atoms with E-state index < -0.39 is 11.8 Å². The van der Waals surface area contributed by atoms with Crippen molar-refractivity contribution in [3.05, 3.63) is 29.8 Å². The predicted molar refractivity (Wildman–Crippen MR) is 79.4 cm³/mol. The fraction of sp³-hybridized carbons (Fsp3) is 0.357. The molecule has 1 rings (SSSR count). The second-order valence-corrected chi connectivity index (χ2v) is 4.58. The van der Waals surface area contributed by atoms with E-state index in [1.807, 2.05) is 25.1 Å². The maximum Gasteiger partial charge on any atom is 0.246 e. The van der Waals surface area contributed by atoms with Crippen molar-refractivity contribution in [3.63, 3.8) is 0 Å². The van der Waals surface area contributed by atoms with E-state index in [-0.39, 0.29) is 32.0 Å². The van der Waals surface area contributed by atoms with Gasteiger partial charge in [0, 0.05) is 18.7 Å². The number of amides is 3. The summed E-state index contributed by atoms with van der Waals surface area (Å²) in [4.78, 5) is 35.7. The van der Waals surface area contributed by atoms with E-state index in [1.54, 1.807) is 6.07 Å². The number of aryl methyl sites for hydroxylation is 1. The minimum absolute atomic E-state index is 0.0461. The summed E-state index contributed by atoms with van der Waals surface area (Å²) in [6, 6.07) is 7.30. The fourth-order valence-electron chi connectivity index (χ4n) is 1.76. The van der Waals surface area contributed by atoms with Gasteiger partial charge in [0.15, 0.2) is 0 Å². The SMILES string of the molecule is Cc1cccc(N(CCC(N)=O)C(=O)CNC(=O)CN)c1. The van der Waals surface area contributed by atoms with Crippen molar-refractivity contribution < 1.29 is 14.4 Å². The number of nitrogens with zero attached hydrogens (tertiary/aromatic N) is 1. The van der Waals surface area contributed by atoms with Gasteiger partial charge in [-0.3, -0.25) is 14.4 Å². The van der Waals surface area contributed by atoms with Crippen molar-refractivity contribution >= 4 is 23.4 Å². The molecule has 0 atom stereocenters. The first-order chi connectivity index (χ1) is 9.93. The number of rotatable bonds is 7. The van der Waals surface area contributed by atoms with Gasteiger partial charge in [-0.1, -0.05) is 12.1 Å². The summed E-state index contributed by atoms with van der Waals surface area (Å²) in [5.41, 5.74) is 11.9. The van der Waals surface area contributed by atoms with Crippen molar-refractivity contribution in [2.24, 2.45) is 11.5 Å². The summed E-state index contributed by atoms with van der Waals surface area (Å²) in [5, 5.41) is 2.41. The van der Waals surface area contributed by atoms with Crippen LogP contribution >= 0.6 is 0 Å². The Labute approximate surface area is 123 Å². The highest BCUT2D eigenvalue weighted by Gasteiger charge is 2.17. The Bertz CT molecular complexity index is 531. The molecule has 0 aliphatic rings. The molecule has 114 valence electrons. The second-order valence-electron chi connectivity index (χ2n) is 4.58. The highest BCUT2D eigenvalue weighted by molar-refractivity contribution is 5.97. The Hall–Kier alpha value is -2.41. The minimum Gasteiger partial charge on any atom is -0.370 e. The molecule has 7 heteroatoms. The van der Waals surface area contributed by atoms with Crippen LogP contribution in [0.3, 0.4) is 0 Å². The molecule has 0 saturated carbocycles. The molecule has 3 amide bonds. The molecule has 1 aromatic rings. The van der Waals surface area contributed by atoms with Crippen LogP contribution in [0.4, 0.5) is 5.69 Å². The smallest absolute Gasteiger partial charge is 0.246 e. The molecule has 0 fully saturated rings. The van der Waals surface area contributed by atoms with E-state index in [0.717, 1.165) is 5.56 Å². The largest absolute Gasteiger partial charge is 0.370 e. The molecule has 0 aliphatic carbocycles. The fourth-order valence-corrected chi connectivity index (χ4v) is 1.76. The highest BCUT2D eigenvalue weighted by atomic mass is 16.2. The van der Waals surface area contributed by atoms with Crippen LogP contribution in [0.5, 0.6) is 0 Å². The number of carbonyl (C=O) groups excluding carboxylic acids is 3. The number of primary amides is 1. The van der Waals surface area contributed by atoms with E-state index in [1.165, 1.54) is 4.90 Å². The van der Waals surface area contributed by atoms with Crippen LogP contribution in [0.15, 0.2) is 24.3 Å². The molecule has 0 aromatic heterocycles. The first kappa shape index (κ1) is 16.6. The molecule has 0 aliphatic heterocycles. The van der Waals surface area contributed by atoms with Gasteiger partial charge in [-0.05, 0) is 24.6 Å². The van der Waals surface area contributed by atoms with E-state index in [0.29, 0.717) is 5.69 Å². The van der Waals surface area contributed by atoms with Crippen LogP contribution < -0.4 is 21.7 Å². The summed E-state index contributed by atoms with van der Waals surface area (Å²) in [5.74, 6) is -1.24. The van der Waals surface area contributed by atoms with Gasteiger partial charge >= 0.3 is 0 Å². The van der Waals surface area contributed by atoms with Gasteiger partial charge < -0.3 is 21.7 Å². The maximum atomic E-state index is 12.2. The number of hydrogen-bond donors (Lipinski definition) is 3. The number of nitrogens with two attached hydrogens (primary N) is 2. The lowest BCUT2D eigenvalue weighted by atomic mass is 10.2. The predicted octanol–water partition coefficient (Wildman–Crippen LogP) is -0.722. The molecule has 5 N–H and O–H groups in total. The van der Waals surface area contributed by atoms with Crippen LogP contribution in [-0.4, -0.2) is 37.4 Å². The van der Waals surface area contributed by atoms with Crippen molar-refractivity contribution in [1.82, 2.24) is 5.32 Å². The third-order valence-electron chi connectivity index (χ3n) is 2.82. The number of benzene rings is 1. The van der Waals surface area contributed by atoms with Crippen molar-refractivity contribution in [2.75, 3.05) is 24.5 Å². The van der Waals surface area contributed by atoms with Crippen LogP contribution in [0.1, 0.15) is 12.0 Å². The minimum atomic E-state index is -0.494. The lowest BCUT2D eigenvalue weighted by molar-refractivity contribution is -0.124. The third-order valence-corrected chi connectivity index (χ3v) is 2.82. The lowest BCUT2D eigenvalue weighted by Crippen LogP contribution is -2.43. The number of nitrogens with one attached hydrogen (secondary N) is 1. The van der Waals surface area contributed by atoms with Crippen molar-refractivity contribution in [3.8, 4) is 0 Å². The quantitative estimate of drug-likeness (QED) is 0.614. The molecule has 0 saturated heterocycles. The molecule has 21 heavy (non-hydrogen) atoms. The average Bonchev–Trinajstić information content (AvgIpc) is 2.44. The van der Waals surface area contributed by atoms with Gasteiger partial charge in [-0.2, -0.15) is 0 Å². The van der Waals surface area contributed by atoms with Gasteiger partial charge in [0.05, 0.1) is 13.1 Å². The molecule has 0 radical (unpaired) electrons. The third kappa shape index (κ3) is 5.62. The number of anilines is 1. The Morgan fingerprint density at radius 1 is 1.29 bits per heavy atom. The summed E-state index contributed by atoms with van der Waals surface area (Å²) in [6.45, 7) is 1.70. The molecule has 0 bridgehead atoms. The summed E-state index contributed by atoms with van der Waals surface area (Å²) in [6.07, 6.45) is 0.0461. The van der Waals surface area contributed by atoms with Crippen LogP contribution in [-0.2, 0) is 14.4 Å². The molecular formula is C14H20N4O3. The van der Waals surface area contributed by atoms with Crippen molar-refractivity contribution in [2.45, 2.75) is 13.3 Å². The van der Waals surface area contributed by atoms with Gasteiger partial charge in [-0.25, -0.2) is 0 Å². The van der Waals surface area contributed by atoms with Crippen LogP contribution in [0.2, 0.25) is 0 Å². The van der Waals surface area contributed by atoms with Gasteiger partial charge in [0.2, 0.25) is 17.7 Å². The Morgan fingerprint density at radius 3 is 2.57 bits per heavy atom. The molecule has 1 aromatic carbocycles. The zero-order valence-electron chi connectivity index (χ0n) is 12.0. The van der Waals surface area contributed by atoms with Crippen molar-refractivity contribution in [1.29, 1.82) is 0 Å². The summed E-state index contributed by atoms with van der Waals surface area (Å²) >= 11 is 0. The Morgan fingerprint density at radius 2 is 2.00 bits per heavy atom. The average molecular weight is 292 g/mol. The Balaban J connectivity index is 2.83. The van der Waals surface area contributed by atoms with E-state index >= 15 is 0 Å². The molecule has 0 spiro atoms. The maximum absolute atomic E-state index is 12.2. The highest BCUT2D eigenvalue weighted by Crippen LogP contribution is 2.16. The molecule has 0 heterocycles. The molecule has 7 nitrogen and oxygen atoms in total. The standard InChI is InChI=1S/C14H20N4O3/c1-10-3-2-4-11(7-10)18(6-5-12(16)19)14(21)9-17-13(20)8-15/h2-4,7H,5-6,8-9,15H2,1H3,(H2,16,19)(H,17,20). The number of hydrogen-bond acceptors (Lipinski definition) is 4. The van der Waals surface area contributed by atoms with Gasteiger partial charge in [0.1, 0.15) is 0 Å². The van der Waals surface area contributed by atoms with E-state index in [2.05, 4.69) is 5.32 Å². The van der Waals surface area contributed by atoms with E-state index in [4.69, 9.17) is 11.5 Å². The zero-order chi connectivity index (χ0) is 15.8. The number of carbonyl (C=O) groups is 3. The summed E-state index contributed by atoms with van der Waals surface area (Å²) < 4.78 is 0. The van der Waals surface area contributed by atoms with Crippen LogP contribution in [0.25, 0.3) is 0 Å². The van der Waals surface area contributed by atoms with Crippen LogP contribution in [0, 0.1) is 6.92 Å². The first-order valence-electron chi connectivity index (χ1n) is 6.56. The molecule has 0 unspecified atom stereocenters.